The Bertz CT molecular complexity index is 840. The van der Waals surface area contributed by atoms with Crippen LogP contribution in [-0.4, -0.2) is 36.4 Å². The highest BCUT2D eigenvalue weighted by Gasteiger charge is 2.31. The third-order valence-corrected chi connectivity index (χ3v) is 5.89. The van der Waals surface area contributed by atoms with Crippen LogP contribution in [0.1, 0.15) is 22.1 Å². The fourth-order valence-corrected chi connectivity index (χ4v) is 4.55. The van der Waals surface area contributed by atoms with E-state index in [1.165, 1.54) is 5.56 Å². The van der Waals surface area contributed by atoms with Gasteiger partial charge in [0.2, 0.25) is 0 Å². The molecule has 136 valence electrons. The van der Waals surface area contributed by atoms with Gasteiger partial charge in [-0.15, -0.1) is 11.8 Å². The lowest BCUT2D eigenvalue weighted by atomic mass is 10.1. The zero-order chi connectivity index (χ0) is 18.1. The first kappa shape index (κ1) is 17.1. The second-order valence-electron chi connectivity index (χ2n) is 6.57. The number of anilines is 1. The summed E-state index contributed by atoms with van der Waals surface area (Å²) in [5.74, 6) is 2.45. The summed E-state index contributed by atoms with van der Waals surface area (Å²) in [4.78, 5) is 14.8. The van der Waals surface area contributed by atoms with Crippen LogP contribution in [0, 0.1) is 13.8 Å². The third-order valence-electron chi connectivity index (χ3n) is 4.63. The number of aryl methyl sites for hydroxylation is 2. The quantitative estimate of drug-likeness (QED) is 0.854. The summed E-state index contributed by atoms with van der Waals surface area (Å²) < 4.78 is 11.3. The van der Waals surface area contributed by atoms with E-state index in [9.17, 15) is 4.79 Å². The SMILES string of the molecule is Cc1ccc(NC(=O)N2CCSC2c2ccc3c(c2)OCCO3)c(C)c1. The number of benzene rings is 2. The molecule has 2 aliphatic heterocycles. The van der Waals surface area contributed by atoms with E-state index < -0.39 is 0 Å². The Morgan fingerprint density at radius 3 is 2.73 bits per heavy atom. The van der Waals surface area contributed by atoms with Crippen LogP contribution in [0.5, 0.6) is 11.5 Å². The number of thioether (sulfide) groups is 1. The van der Waals surface area contributed by atoms with Gasteiger partial charge in [-0.3, -0.25) is 0 Å². The van der Waals surface area contributed by atoms with E-state index in [4.69, 9.17) is 9.47 Å². The van der Waals surface area contributed by atoms with Crippen molar-refractivity contribution >= 4 is 23.5 Å². The number of ether oxygens (including phenoxy) is 2. The summed E-state index contributed by atoms with van der Waals surface area (Å²) in [6.07, 6.45) is 0. The van der Waals surface area contributed by atoms with Gasteiger partial charge < -0.3 is 19.7 Å². The summed E-state index contributed by atoms with van der Waals surface area (Å²) in [5, 5.41) is 3.04. The molecule has 0 saturated carbocycles. The minimum absolute atomic E-state index is 0.0171. The van der Waals surface area contributed by atoms with Gasteiger partial charge in [0.05, 0.1) is 0 Å². The zero-order valence-electron chi connectivity index (χ0n) is 15.0. The van der Waals surface area contributed by atoms with E-state index in [-0.39, 0.29) is 11.4 Å². The molecule has 2 aromatic carbocycles. The Morgan fingerprint density at radius 1 is 1.12 bits per heavy atom. The van der Waals surface area contributed by atoms with Crippen molar-refractivity contribution in [2.45, 2.75) is 19.2 Å². The second-order valence-corrected chi connectivity index (χ2v) is 7.76. The highest BCUT2D eigenvalue weighted by atomic mass is 32.2. The van der Waals surface area contributed by atoms with Gasteiger partial charge >= 0.3 is 6.03 Å². The van der Waals surface area contributed by atoms with E-state index in [1.54, 1.807) is 11.8 Å². The molecule has 1 fully saturated rings. The zero-order valence-corrected chi connectivity index (χ0v) is 15.8. The van der Waals surface area contributed by atoms with Crippen LogP contribution in [0.3, 0.4) is 0 Å². The maximum Gasteiger partial charge on any atom is 0.323 e. The van der Waals surface area contributed by atoms with Crippen LogP contribution in [0.2, 0.25) is 0 Å². The number of amides is 2. The van der Waals surface area contributed by atoms with Gasteiger partial charge in [0, 0.05) is 18.0 Å². The van der Waals surface area contributed by atoms with Crippen molar-refractivity contribution in [3.05, 3.63) is 53.1 Å². The molecule has 0 spiro atoms. The van der Waals surface area contributed by atoms with Crippen LogP contribution in [0.15, 0.2) is 36.4 Å². The van der Waals surface area contributed by atoms with Crippen LogP contribution < -0.4 is 14.8 Å². The van der Waals surface area contributed by atoms with Crippen LogP contribution in [-0.2, 0) is 0 Å². The molecular weight excluding hydrogens is 348 g/mol. The molecule has 1 atom stereocenters. The van der Waals surface area contributed by atoms with Crippen LogP contribution in [0.4, 0.5) is 10.5 Å². The summed E-state index contributed by atoms with van der Waals surface area (Å²) >= 11 is 1.77. The lowest BCUT2D eigenvalue weighted by molar-refractivity contribution is 0.171. The van der Waals surface area contributed by atoms with Crippen molar-refractivity contribution in [3.63, 3.8) is 0 Å². The maximum absolute atomic E-state index is 12.9. The van der Waals surface area contributed by atoms with Gasteiger partial charge in [-0.25, -0.2) is 4.79 Å². The second kappa shape index (κ2) is 7.11. The number of fused-ring (bicyclic) bond motifs is 1. The van der Waals surface area contributed by atoms with Crippen molar-refractivity contribution in [3.8, 4) is 11.5 Å². The molecule has 4 rings (SSSR count). The van der Waals surface area contributed by atoms with Gasteiger partial charge in [0.15, 0.2) is 11.5 Å². The summed E-state index contributed by atoms with van der Waals surface area (Å²) in [7, 11) is 0. The fourth-order valence-electron chi connectivity index (χ4n) is 3.31. The largest absolute Gasteiger partial charge is 0.486 e. The number of nitrogens with one attached hydrogen (secondary N) is 1. The molecular formula is C20H22N2O3S. The van der Waals surface area contributed by atoms with Crippen molar-refractivity contribution in [2.24, 2.45) is 0 Å². The van der Waals surface area contributed by atoms with Crippen molar-refractivity contribution in [2.75, 3.05) is 30.8 Å². The molecule has 6 heteroatoms. The molecule has 5 nitrogen and oxygen atoms in total. The topological polar surface area (TPSA) is 50.8 Å². The van der Waals surface area contributed by atoms with Gasteiger partial charge in [0.25, 0.3) is 0 Å². The van der Waals surface area contributed by atoms with Crippen LogP contribution in [0.25, 0.3) is 0 Å². The molecule has 2 heterocycles. The molecule has 0 bridgehead atoms. The van der Waals surface area contributed by atoms with Crippen molar-refractivity contribution < 1.29 is 14.3 Å². The normalized spacial score (nSPS) is 18.7. The molecule has 0 aromatic heterocycles. The maximum atomic E-state index is 12.9. The molecule has 2 aromatic rings. The molecule has 1 saturated heterocycles. The van der Waals surface area contributed by atoms with Crippen LogP contribution >= 0.6 is 11.8 Å². The van der Waals surface area contributed by atoms with E-state index in [1.807, 2.05) is 49.1 Å². The lowest BCUT2D eigenvalue weighted by Gasteiger charge is -2.26. The molecule has 0 aliphatic carbocycles. The fraction of sp³-hybridized carbons (Fsp3) is 0.350. The first-order chi connectivity index (χ1) is 12.6. The molecule has 26 heavy (non-hydrogen) atoms. The van der Waals surface area contributed by atoms with Gasteiger partial charge in [0.1, 0.15) is 18.6 Å². The van der Waals surface area contributed by atoms with Crippen molar-refractivity contribution in [1.29, 1.82) is 0 Å². The average Bonchev–Trinajstić information content (AvgIpc) is 3.13. The summed E-state index contributed by atoms with van der Waals surface area (Å²) in [5.41, 5.74) is 4.18. The Hall–Kier alpha value is -2.34. The number of rotatable bonds is 2. The predicted octanol–water partition coefficient (Wildman–Crippen LogP) is 4.35. The van der Waals surface area contributed by atoms with Crippen molar-refractivity contribution in [1.82, 2.24) is 4.90 Å². The predicted molar refractivity (Wildman–Crippen MR) is 104 cm³/mol. The molecule has 2 amide bonds. The summed E-state index contributed by atoms with van der Waals surface area (Å²) in [6.45, 7) is 5.92. The first-order valence-corrected chi connectivity index (χ1v) is 9.83. The highest BCUT2D eigenvalue weighted by Crippen LogP contribution is 2.42. The smallest absolute Gasteiger partial charge is 0.323 e. The Balaban J connectivity index is 1.53. The Morgan fingerprint density at radius 2 is 1.92 bits per heavy atom. The van der Waals surface area contributed by atoms with E-state index in [0.29, 0.717) is 13.2 Å². The number of carbonyl (C=O) groups is 1. The number of carbonyl (C=O) groups excluding carboxylic acids is 1. The number of nitrogens with zero attached hydrogens (tertiary/aromatic N) is 1. The monoisotopic (exact) mass is 370 g/mol. The first-order valence-electron chi connectivity index (χ1n) is 8.78. The minimum atomic E-state index is -0.0677. The molecule has 1 unspecified atom stereocenters. The van der Waals surface area contributed by atoms with E-state index in [0.717, 1.165) is 40.6 Å². The standard InChI is InChI=1S/C20H22N2O3S/c1-13-3-5-16(14(2)11-13)21-20(23)22-7-10-26-19(22)15-4-6-17-18(12-15)25-9-8-24-17/h3-6,11-12,19H,7-10H2,1-2H3,(H,21,23). The Labute approximate surface area is 157 Å². The molecule has 2 aliphatic rings. The van der Waals surface area contributed by atoms with Gasteiger partial charge in [-0.05, 0) is 43.2 Å². The van der Waals surface area contributed by atoms with Gasteiger partial charge in [-0.1, -0.05) is 23.8 Å². The average molecular weight is 370 g/mol. The minimum Gasteiger partial charge on any atom is -0.486 e. The third kappa shape index (κ3) is 3.33. The molecule has 0 radical (unpaired) electrons. The number of hydrogen-bond donors (Lipinski definition) is 1. The van der Waals surface area contributed by atoms with E-state index in [2.05, 4.69) is 11.4 Å². The number of urea groups is 1. The summed E-state index contributed by atoms with van der Waals surface area (Å²) in [6, 6.07) is 11.9. The molecule has 1 N–H and O–H groups in total. The number of hydrogen-bond acceptors (Lipinski definition) is 4. The Kier molecular flexibility index (Phi) is 4.68. The van der Waals surface area contributed by atoms with E-state index >= 15 is 0 Å². The highest BCUT2D eigenvalue weighted by molar-refractivity contribution is 7.99. The lowest BCUT2D eigenvalue weighted by Crippen LogP contribution is -2.34. The van der Waals surface area contributed by atoms with Gasteiger partial charge in [-0.2, -0.15) is 0 Å².